The zero-order valence-electron chi connectivity index (χ0n) is 20.7. The van der Waals surface area contributed by atoms with E-state index in [0.717, 1.165) is 11.5 Å². The average Bonchev–Trinajstić information content (AvgIpc) is 3.38. The first kappa shape index (κ1) is 24.4. The van der Waals surface area contributed by atoms with Crippen LogP contribution in [0.1, 0.15) is 28.2 Å². The molecule has 5 heteroatoms. The number of hydrogen-bond donors (Lipinski definition) is 0. The topological polar surface area (TPSA) is 18.5 Å². The maximum absolute atomic E-state index is 5.43. The van der Waals surface area contributed by atoms with Crippen LogP contribution < -0.4 is 9.47 Å². The fraction of sp³-hybridized carbons (Fsp3) is 0.125. The second kappa shape index (κ2) is 10.5. The summed E-state index contributed by atoms with van der Waals surface area (Å²) in [7, 11) is 3.43. The Morgan fingerprint density at radius 3 is 1.70 bits per heavy atom. The first-order chi connectivity index (χ1) is 18.2. The molecule has 0 saturated heterocycles. The van der Waals surface area contributed by atoms with E-state index in [1.165, 1.54) is 32.1 Å². The summed E-state index contributed by atoms with van der Waals surface area (Å²) >= 11 is 4.08. The van der Waals surface area contributed by atoms with Crippen molar-refractivity contribution in [3.8, 4) is 11.5 Å². The van der Waals surface area contributed by atoms with Crippen LogP contribution in [-0.4, -0.2) is 14.2 Å². The van der Waals surface area contributed by atoms with E-state index in [4.69, 9.17) is 9.47 Å². The predicted octanol–water partition coefficient (Wildman–Crippen LogP) is 9.57. The molecular formula is C32H27O2PS2. The van der Waals surface area contributed by atoms with Gasteiger partial charge in [-0.05, 0) is 46.5 Å². The van der Waals surface area contributed by atoms with Crippen LogP contribution in [0.4, 0.5) is 0 Å². The summed E-state index contributed by atoms with van der Waals surface area (Å²) in [6, 6.07) is 39.1. The van der Waals surface area contributed by atoms with Crippen LogP contribution in [-0.2, 0) is 5.16 Å². The van der Waals surface area contributed by atoms with Crippen molar-refractivity contribution in [2.45, 2.75) is 11.1 Å². The van der Waals surface area contributed by atoms with Gasteiger partial charge in [0.05, 0.1) is 19.4 Å². The first-order valence-corrected chi connectivity index (χ1v) is 16.4. The lowest BCUT2D eigenvalue weighted by Crippen LogP contribution is -2.28. The lowest BCUT2D eigenvalue weighted by molar-refractivity contribution is 0.414. The lowest BCUT2D eigenvalue weighted by atomic mass is 9.79. The number of rotatable bonds is 6. The van der Waals surface area contributed by atoms with Gasteiger partial charge in [0, 0.05) is 22.1 Å². The monoisotopic (exact) mass is 538 g/mol. The fourth-order valence-corrected chi connectivity index (χ4v) is 14.2. The maximum atomic E-state index is 5.43. The van der Waals surface area contributed by atoms with Gasteiger partial charge < -0.3 is 9.47 Å². The summed E-state index contributed by atoms with van der Waals surface area (Å²) in [5.41, 5.74) is 5.22. The van der Waals surface area contributed by atoms with Gasteiger partial charge in [0.25, 0.3) is 0 Å². The van der Waals surface area contributed by atoms with Crippen molar-refractivity contribution < 1.29 is 9.47 Å². The van der Waals surface area contributed by atoms with Crippen LogP contribution in [0.25, 0.3) is 9.81 Å². The summed E-state index contributed by atoms with van der Waals surface area (Å²) in [4.78, 5) is 2.68. The molecule has 4 aromatic rings. The third kappa shape index (κ3) is 4.52. The van der Waals surface area contributed by atoms with Crippen LogP contribution in [0.3, 0.4) is 0 Å². The SMILES string of the molecule is COc1ccc(C2=CC(c3ccccc3)C3(c4ccccc4)C=C(c4ccc(OC)cc4)SP3S2)cc1. The fourth-order valence-electron chi connectivity index (χ4n) is 5.02. The molecule has 0 bridgehead atoms. The Morgan fingerprint density at radius 1 is 0.622 bits per heavy atom. The quantitative estimate of drug-likeness (QED) is 0.227. The molecule has 6 rings (SSSR count). The molecule has 0 saturated carbocycles. The highest BCUT2D eigenvalue weighted by Crippen LogP contribution is 2.87. The van der Waals surface area contributed by atoms with Gasteiger partial charge in [0.1, 0.15) is 11.5 Å². The summed E-state index contributed by atoms with van der Waals surface area (Å²) in [6.07, 6.45) is 4.48. The Labute approximate surface area is 228 Å². The van der Waals surface area contributed by atoms with E-state index in [-0.39, 0.29) is 11.1 Å². The average molecular weight is 539 g/mol. The van der Waals surface area contributed by atoms with Gasteiger partial charge in [-0.25, -0.2) is 0 Å². The molecule has 0 radical (unpaired) electrons. The van der Waals surface area contributed by atoms with Crippen molar-refractivity contribution in [1.82, 2.24) is 0 Å². The minimum atomic E-state index is -0.582. The van der Waals surface area contributed by atoms with Crippen molar-refractivity contribution in [2.75, 3.05) is 14.2 Å². The largest absolute Gasteiger partial charge is 0.497 e. The first-order valence-electron chi connectivity index (χ1n) is 12.2. The van der Waals surface area contributed by atoms with E-state index in [1.54, 1.807) is 14.2 Å². The summed E-state index contributed by atoms with van der Waals surface area (Å²) in [6.45, 7) is 0. The highest BCUT2D eigenvalue weighted by Gasteiger charge is 2.53. The Morgan fingerprint density at radius 2 is 1.14 bits per heavy atom. The molecule has 3 unspecified atom stereocenters. The van der Waals surface area contributed by atoms with Gasteiger partial charge in [-0.1, -0.05) is 120 Å². The molecule has 184 valence electrons. The third-order valence-corrected chi connectivity index (χ3v) is 15.0. The molecule has 0 aromatic heterocycles. The van der Waals surface area contributed by atoms with Crippen LogP contribution in [0, 0.1) is 0 Å². The highest BCUT2D eigenvalue weighted by molar-refractivity contribution is 8.92. The third-order valence-electron chi connectivity index (χ3n) is 6.95. The molecule has 2 aliphatic rings. The Hall–Kier alpha value is -2.91. The minimum absolute atomic E-state index is 0.126. The number of methoxy groups -OCH3 is 2. The maximum Gasteiger partial charge on any atom is 0.118 e. The van der Waals surface area contributed by atoms with E-state index in [9.17, 15) is 0 Å². The van der Waals surface area contributed by atoms with Crippen molar-refractivity contribution in [2.24, 2.45) is 0 Å². The van der Waals surface area contributed by atoms with E-state index in [1.807, 2.05) is 22.8 Å². The second-order valence-electron chi connectivity index (χ2n) is 9.02. The Kier molecular flexibility index (Phi) is 6.90. The molecule has 2 nitrogen and oxygen atoms in total. The predicted molar refractivity (Wildman–Crippen MR) is 161 cm³/mol. The van der Waals surface area contributed by atoms with Crippen molar-refractivity contribution in [1.29, 1.82) is 0 Å². The Balaban J connectivity index is 1.53. The van der Waals surface area contributed by atoms with Gasteiger partial charge in [-0.2, -0.15) is 0 Å². The van der Waals surface area contributed by atoms with Crippen molar-refractivity contribution in [3.63, 3.8) is 0 Å². The van der Waals surface area contributed by atoms with E-state index in [2.05, 4.69) is 121 Å². The molecule has 2 aliphatic heterocycles. The van der Waals surface area contributed by atoms with Gasteiger partial charge in [0.2, 0.25) is 0 Å². The summed E-state index contributed by atoms with van der Waals surface area (Å²) in [5, 5.41) is -0.126. The van der Waals surface area contributed by atoms with Crippen LogP contribution in [0.5, 0.6) is 11.5 Å². The smallest absolute Gasteiger partial charge is 0.118 e. The Bertz CT molecular complexity index is 1390. The van der Waals surface area contributed by atoms with Gasteiger partial charge in [0.15, 0.2) is 0 Å². The molecule has 2 heterocycles. The van der Waals surface area contributed by atoms with Crippen molar-refractivity contribution in [3.05, 3.63) is 144 Å². The van der Waals surface area contributed by atoms with Crippen LogP contribution in [0.15, 0.2) is 121 Å². The molecule has 0 N–H and O–H groups in total. The molecule has 0 fully saturated rings. The summed E-state index contributed by atoms with van der Waals surface area (Å²) < 4.78 is 10.9. The van der Waals surface area contributed by atoms with Gasteiger partial charge >= 0.3 is 0 Å². The number of hydrogen-bond acceptors (Lipinski definition) is 4. The van der Waals surface area contributed by atoms with Crippen LogP contribution in [0.2, 0.25) is 0 Å². The molecular weight excluding hydrogens is 511 g/mol. The molecule has 0 amide bonds. The lowest BCUT2D eigenvalue weighted by Gasteiger charge is -2.43. The zero-order valence-corrected chi connectivity index (χ0v) is 23.2. The molecule has 0 spiro atoms. The second-order valence-corrected chi connectivity index (χ2v) is 15.5. The van der Waals surface area contributed by atoms with Gasteiger partial charge in [-0.15, -0.1) is 0 Å². The van der Waals surface area contributed by atoms with Crippen molar-refractivity contribution >= 4 is 38.9 Å². The highest BCUT2D eigenvalue weighted by atomic mass is 33.1. The molecule has 4 aromatic carbocycles. The van der Waals surface area contributed by atoms with Gasteiger partial charge in [-0.3, -0.25) is 0 Å². The number of fused-ring (bicyclic) bond motifs is 1. The standard InChI is InChI=1S/C32H27O2PS2/c1-33-27-17-13-24(14-18-27)30-21-29(23-9-5-3-6-10-23)32(26-11-7-4-8-12-26)22-31(37-35(32)36-30)25-15-19-28(34-2)20-16-25/h3-22,29H,1-2H3. The van der Waals surface area contributed by atoms with E-state index >= 15 is 0 Å². The number of benzene rings is 4. The van der Waals surface area contributed by atoms with E-state index < -0.39 is 6.33 Å². The summed E-state index contributed by atoms with van der Waals surface area (Å²) in [5.74, 6) is 1.98. The van der Waals surface area contributed by atoms with E-state index in [0.29, 0.717) is 0 Å². The minimum Gasteiger partial charge on any atom is -0.497 e. The van der Waals surface area contributed by atoms with Crippen LogP contribution >= 0.6 is 29.1 Å². The molecule has 3 atom stereocenters. The number of allylic oxidation sites excluding steroid dienone is 2. The zero-order chi connectivity index (χ0) is 25.2. The normalized spacial score (nSPS) is 22.5. The molecule has 0 aliphatic carbocycles. The number of ether oxygens (including phenoxy) is 2. The molecule has 37 heavy (non-hydrogen) atoms.